The zero-order chi connectivity index (χ0) is 18.6. The lowest BCUT2D eigenvalue weighted by Gasteiger charge is -2.40. The van der Waals surface area contributed by atoms with Gasteiger partial charge in [0, 0.05) is 37.5 Å². The average Bonchev–Trinajstić information content (AvgIpc) is 2.97. The molecule has 2 heterocycles. The maximum absolute atomic E-state index is 12.5. The van der Waals surface area contributed by atoms with Crippen LogP contribution in [0.5, 0.6) is 0 Å². The van der Waals surface area contributed by atoms with Crippen LogP contribution in [0, 0.1) is 5.92 Å². The van der Waals surface area contributed by atoms with Gasteiger partial charge >= 0.3 is 0 Å². The van der Waals surface area contributed by atoms with E-state index in [2.05, 4.69) is 19.2 Å². The predicted octanol–water partition coefficient (Wildman–Crippen LogP) is 1.93. The van der Waals surface area contributed by atoms with Gasteiger partial charge < -0.3 is 15.1 Å². The summed E-state index contributed by atoms with van der Waals surface area (Å²) in [6.07, 6.45) is 4.33. The number of likely N-dealkylation sites (tertiary alicyclic amines) is 2. The summed E-state index contributed by atoms with van der Waals surface area (Å²) in [6, 6.07) is -0.200. The Morgan fingerprint density at radius 2 is 1.72 bits per heavy atom. The van der Waals surface area contributed by atoms with Crippen LogP contribution in [-0.2, 0) is 14.4 Å². The molecule has 6 nitrogen and oxygen atoms in total. The van der Waals surface area contributed by atoms with Crippen LogP contribution in [0.1, 0.15) is 66.2 Å². The van der Waals surface area contributed by atoms with Crippen molar-refractivity contribution in [3.05, 3.63) is 0 Å². The van der Waals surface area contributed by atoms with Gasteiger partial charge in [0.15, 0.2) is 0 Å². The van der Waals surface area contributed by atoms with Crippen LogP contribution in [0.25, 0.3) is 0 Å². The number of hydrogen-bond acceptors (Lipinski definition) is 3. The smallest absolute Gasteiger partial charge is 0.243 e. The molecule has 2 fully saturated rings. The SMILES string of the molecule is CCC(CC)C(=O)N1CCC(N2C(=O)CCC2C(=O)NC(C)C)CC1. The number of amides is 3. The molecule has 0 saturated carbocycles. The molecule has 0 radical (unpaired) electrons. The molecule has 1 N–H and O–H groups in total. The lowest BCUT2D eigenvalue weighted by molar-refractivity contribution is -0.141. The van der Waals surface area contributed by atoms with E-state index in [9.17, 15) is 14.4 Å². The second-order valence-electron chi connectivity index (χ2n) is 7.59. The highest BCUT2D eigenvalue weighted by Crippen LogP contribution is 2.28. The third-order valence-electron chi connectivity index (χ3n) is 5.49. The summed E-state index contributed by atoms with van der Waals surface area (Å²) in [5, 5.41) is 2.93. The normalized spacial score (nSPS) is 22.2. The third-order valence-corrected chi connectivity index (χ3v) is 5.49. The van der Waals surface area contributed by atoms with E-state index in [4.69, 9.17) is 0 Å². The van der Waals surface area contributed by atoms with E-state index in [1.165, 1.54) is 0 Å². The predicted molar refractivity (Wildman–Crippen MR) is 96.8 cm³/mol. The highest BCUT2D eigenvalue weighted by molar-refractivity contribution is 5.91. The standard InChI is InChI=1S/C19H33N3O3/c1-5-14(6-2)19(25)21-11-9-15(10-12-21)22-16(7-8-17(22)23)18(24)20-13(3)4/h13-16H,5-12H2,1-4H3,(H,20,24). The molecule has 142 valence electrons. The van der Waals surface area contributed by atoms with Crippen molar-refractivity contribution in [2.75, 3.05) is 13.1 Å². The topological polar surface area (TPSA) is 69.7 Å². The number of carbonyl (C=O) groups is 3. The molecule has 0 spiro atoms. The van der Waals surface area contributed by atoms with E-state index in [0.29, 0.717) is 25.9 Å². The van der Waals surface area contributed by atoms with E-state index in [1.807, 2.05) is 18.7 Å². The largest absolute Gasteiger partial charge is 0.352 e. The van der Waals surface area contributed by atoms with Crippen molar-refractivity contribution in [1.82, 2.24) is 15.1 Å². The molecular weight excluding hydrogens is 318 g/mol. The lowest BCUT2D eigenvalue weighted by Crippen LogP contribution is -2.54. The molecule has 1 atom stereocenters. The summed E-state index contributed by atoms with van der Waals surface area (Å²) in [5.41, 5.74) is 0. The van der Waals surface area contributed by atoms with Gasteiger partial charge in [-0.25, -0.2) is 0 Å². The first-order valence-electron chi connectivity index (χ1n) is 9.79. The summed E-state index contributed by atoms with van der Waals surface area (Å²) in [7, 11) is 0. The van der Waals surface area contributed by atoms with Gasteiger partial charge in [0.05, 0.1) is 0 Å². The molecular formula is C19H33N3O3. The number of hydrogen-bond donors (Lipinski definition) is 1. The molecule has 2 rings (SSSR count). The first-order chi connectivity index (χ1) is 11.9. The Balaban J connectivity index is 1.97. The Kier molecular flexibility index (Phi) is 6.85. The van der Waals surface area contributed by atoms with Crippen LogP contribution in [0.15, 0.2) is 0 Å². The third kappa shape index (κ3) is 4.53. The molecule has 2 saturated heterocycles. The number of carbonyl (C=O) groups excluding carboxylic acids is 3. The maximum atomic E-state index is 12.5. The van der Waals surface area contributed by atoms with Crippen LogP contribution < -0.4 is 5.32 Å². The molecule has 0 bridgehead atoms. The Morgan fingerprint density at radius 1 is 1.12 bits per heavy atom. The Hall–Kier alpha value is -1.59. The van der Waals surface area contributed by atoms with Crippen LogP contribution >= 0.6 is 0 Å². The number of nitrogens with zero attached hydrogens (tertiary/aromatic N) is 2. The van der Waals surface area contributed by atoms with Crippen molar-refractivity contribution in [2.45, 2.75) is 84.3 Å². The summed E-state index contributed by atoms with van der Waals surface area (Å²) in [6.45, 7) is 9.34. The van der Waals surface area contributed by atoms with Gasteiger partial charge in [0.25, 0.3) is 0 Å². The molecule has 0 aliphatic carbocycles. The second-order valence-corrected chi connectivity index (χ2v) is 7.59. The van der Waals surface area contributed by atoms with E-state index < -0.39 is 0 Å². The number of nitrogens with one attached hydrogen (secondary N) is 1. The molecule has 2 aliphatic heterocycles. The summed E-state index contributed by atoms with van der Waals surface area (Å²) in [4.78, 5) is 41.1. The van der Waals surface area contributed by atoms with Crippen molar-refractivity contribution in [2.24, 2.45) is 5.92 Å². The first kappa shape index (κ1) is 19.7. The summed E-state index contributed by atoms with van der Waals surface area (Å²) in [5.74, 6) is 0.380. The van der Waals surface area contributed by atoms with Gasteiger partial charge in [0.1, 0.15) is 6.04 Å². The highest BCUT2D eigenvalue weighted by Gasteiger charge is 2.41. The quantitative estimate of drug-likeness (QED) is 0.795. The van der Waals surface area contributed by atoms with E-state index in [1.54, 1.807) is 4.90 Å². The van der Waals surface area contributed by atoms with Crippen LogP contribution in [0.3, 0.4) is 0 Å². The van der Waals surface area contributed by atoms with Gasteiger partial charge in [-0.3, -0.25) is 14.4 Å². The second kappa shape index (κ2) is 8.68. The zero-order valence-electron chi connectivity index (χ0n) is 16.1. The van der Waals surface area contributed by atoms with Crippen molar-refractivity contribution in [3.63, 3.8) is 0 Å². The molecule has 6 heteroatoms. The minimum atomic E-state index is -0.346. The van der Waals surface area contributed by atoms with Crippen LogP contribution in [-0.4, -0.2) is 58.7 Å². The van der Waals surface area contributed by atoms with Crippen molar-refractivity contribution >= 4 is 17.7 Å². The van der Waals surface area contributed by atoms with E-state index in [0.717, 1.165) is 25.7 Å². The number of rotatable bonds is 6. The van der Waals surface area contributed by atoms with Crippen molar-refractivity contribution < 1.29 is 14.4 Å². The van der Waals surface area contributed by atoms with E-state index >= 15 is 0 Å². The maximum Gasteiger partial charge on any atom is 0.243 e. The summed E-state index contributed by atoms with van der Waals surface area (Å²) >= 11 is 0. The monoisotopic (exact) mass is 351 g/mol. The van der Waals surface area contributed by atoms with Gasteiger partial charge in [-0.1, -0.05) is 13.8 Å². The zero-order valence-corrected chi connectivity index (χ0v) is 16.1. The fourth-order valence-electron chi connectivity index (χ4n) is 4.06. The van der Waals surface area contributed by atoms with E-state index in [-0.39, 0.29) is 41.8 Å². The van der Waals surface area contributed by atoms with Gasteiger partial charge in [-0.05, 0) is 46.0 Å². The molecule has 25 heavy (non-hydrogen) atoms. The van der Waals surface area contributed by atoms with Gasteiger partial charge in [-0.15, -0.1) is 0 Å². The minimum absolute atomic E-state index is 0.0450. The lowest BCUT2D eigenvalue weighted by atomic mass is 9.97. The fourth-order valence-corrected chi connectivity index (χ4v) is 4.06. The Morgan fingerprint density at radius 3 is 2.24 bits per heavy atom. The van der Waals surface area contributed by atoms with Gasteiger partial charge in [-0.2, -0.15) is 0 Å². The summed E-state index contributed by atoms with van der Waals surface area (Å²) < 4.78 is 0. The van der Waals surface area contributed by atoms with Crippen LogP contribution in [0.4, 0.5) is 0 Å². The van der Waals surface area contributed by atoms with Crippen molar-refractivity contribution in [3.8, 4) is 0 Å². The molecule has 0 aromatic heterocycles. The minimum Gasteiger partial charge on any atom is -0.352 e. The molecule has 2 aliphatic rings. The van der Waals surface area contributed by atoms with Crippen LogP contribution in [0.2, 0.25) is 0 Å². The fraction of sp³-hybridized carbons (Fsp3) is 0.842. The first-order valence-corrected chi connectivity index (χ1v) is 9.79. The molecule has 1 unspecified atom stereocenters. The average molecular weight is 351 g/mol. The molecule has 3 amide bonds. The Labute approximate surface area is 151 Å². The van der Waals surface area contributed by atoms with Crippen molar-refractivity contribution in [1.29, 1.82) is 0 Å². The number of piperidine rings is 1. The van der Waals surface area contributed by atoms with Gasteiger partial charge in [0.2, 0.25) is 17.7 Å². The molecule has 0 aromatic carbocycles. The molecule has 0 aromatic rings. The highest BCUT2D eigenvalue weighted by atomic mass is 16.2. The Bertz CT molecular complexity index is 494.